The summed E-state index contributed by atoms with van der Waals surface area (Å²) in [5.41, 5.74) is 0.408. The molecule has 1 amide bonds. The number of carbonyl (C=O) groups is 2. The van der Waals surface area contributed by atoms with Crippen LogP contribution in [0.2, 0.25) is 5.02 Å². The van der Waals surface area contributed by atoms with E-state index in [2.05, 4.69) is 10.4 Å². The van der Waals surface area contributed by atoms with Crippen molar-refractivity contribution >= 4 is 23.5 Å². The largest absolute Gasteiger partial charge is 0.478 e. The highest BCUT2D eigenvalue weighted by molar-refractivity contribution is 6.31. The molecular weight excluding hydrogens is 456 g/mol. The molecule has 2 aromatic carbocycles. The van der Waals surface area contributed by atoms with E-state index in [0.29, 0.717) is 22.8 Å². The molecule has 0 bridgehead atoms. The Morgan fingerprint density at radius 2 is 1.88 bits per heavy atom. The van der Waals surface area contributed by atoms with E-state index < -0.39 is 30.0 Å². The summed E-state index contributed by atoms with van der Waals surface area (Å²) in [5.74, 6) is -1.69. The third-order valence-corrected chi connectivity index (χ3v) is 5.44. The molecule has 1 heterocycles. The number of benzene rings is 2. The summed E-state index contributed by atoms with van der Waals surface area (Å²) >= 11 is 6.13. The number of amides is 1. The molecule has 2 N–H and O–H groups in total. The first-order valence-corrected chi connectivity index (χ1v) is 10.5. The maximum atomic E-state index is 13.7. The van der Waals surface area contributed by atoms with Crippen LogP contribution in [0.1, 0.15) is 63.9 Å². The molecule has 1 atom stereocenters. The highest BCUT2D eigenvalue weighted by Gasteiger charge is 2.30. The van der Waals surface area contributed by atoms with Crippen molar-refractivity contribution in [3.63, 3.8) is 0 Å². The Morgan fingerprint density at radius 3 is 2.45 bits per heavy atom. The monoisotopic (exact) mass is 477 g/mol. The number of nitrogens with zero attached hydrogens (tertiary/aromatic N) is 2. The zero-order valence-electron chi connectivity index (χ0n) is 18.1. The normalized spacial score (nSPS) is 12.0. The summed E-state index contributed by atoms with van der Waals surface area (Å²) in [6, 6.07) is 10.2. The smallest absolute Gasteiger partial charge is 0.335 e. The van der Waals surface area contributed by atoms with Gasteiger partial charge in [0.1, 0.15) is 17.0 Å². The van der Waals surface area contributed by atoms with Gasteiger partial charge in [-0.1, -0.05) is 30.7 Å². The summed E-state index contributed by atoms with van der Waals surface area (Å²) in [6.45, 7) is 3.56. The molecule has 33 heavy (non-hydrogen) atoms. The second-order valence-electron chi connectivity index (χ2n) is 7.32. The minimum Gasteiger partial charge on any atom is -0.478 e. The maximum Gasteiger partial charge on any atom is 0.335 e. The number of halogens is 3. The van der Waals surface area contributed by atoms with Crippen molar-refractivity contribution in [3.8, 4) is 11.6 Å². The zero-order valence-corrected chi connectivity index (χ0v) is 18.9. The number of nitrogens with one attached hydrogen (secondary N) is 1. The molecule has 7 nitrogen and oxygen atoms in total. The van der Waals surface area contributed by atoms with Gasteiger partial charge in [-0.05, 0) is 54.8 Å². The van der Waals surface area contributed by atoms with Crippen LogP contribution in [0, 0.1) is 0 Å². The maximum absolute atomic E-state index is 13.7. The van der Waals surface area contributed by atoms with Gasteiger partial charge in [-0.15, -0.1) is 0 Å². The number of ether oxygens (including phenoxy) is 1. The molecule has 0 saturated heterocycles. The minimum atomic E-state index is -3.00. The van der Waals surface area contributed by atoms with Gasteiger partial charge in [0, 0.05) is 12.1 Å². The van der Waals surface area contributed by atoms with Crippen LogP contribution >= 0.6 is 11.6 Å². The summed E-state index contributed by atoms with van der Waals surface area (Å²) in [6.07, 6.45) is -2.37. The summed E-state index contributed by atoms with van der Waals surface area (Å²) in [7, 11) is 1.41. The summed E-state index contributed by atoms with van der Waals surface area (Å²) < 4.78 is 34.3. The van der Waals surface area contributed by atoms with Crippen LogP contribution in [0.4, 0.5) is 8.78 Å². The van der Waals surface area contributed by atoms with Gasteiger partial charge >= 0.3 is 5.97 Å². The average molecular weight is 478 g/mol. The van der Waals surface area contributed by atoms with Crippen LogP contribution in [-0.2, 0) is 13.5 Å². The Bertz CT molecular complexity index is 1180. The lowest BCUT2D eigenvalue weighted by atomic mass is 10.1. The number of carboxylic acids is 1. The van der Waals surface area contributed by atoms with Crippen LogP contribution in [-0.4, -0.2) is 26.8 Å². The number of hydrogen-bond donors (Lipinski definition) is 2. The second kappa shape index (κ2) is 9.99. The number of aromatic nitrogens is 2. The Balaban J connectivity index is 1.92. The predicted octanol–water partition coefficient (Wildman–Crippen LogP) is 5.56. The van der Waals surface area contributed by atoms with Crippen LogP contribution < -0.4 is 10.1 Å². The molecular formula is C23H22ClF2N3O4. The van der Waals surface area contributed by atoms with E-state index in [9.17, 15) is 18.4 Å². The Labute approximate surface area is 193 Å². The van der Waals surface area contributed by atoms with Gasteiger partial charge < -0.3 is 15.2 Å². The van der Waals surface area contributed by atoms with Gasteiger partial charge in [-0.3, -0.25) is 4.79 Å². The molecule has 0 aliphatic heterocycles. The lowest BCUT2D eigenvalue weighted by Crippen LogP contribution is -2.27. The highest BCUT2D eigenvalue weighted by atomic mass is 35.5. The van der Waals surface area contributed by atoms with Gasteiger partial charge in [-0.2, -0.15) is 5.10 Å². The van der Waals surface area contributed by atoms with Crippen molar-refractivity contribution in [1.82, 2.24) is 15.1 Å². The van der Waals surface area contributed by atoms with E-state index in [0.717, 1.165) is 10.2 Å². The topological polar surface area (TPSA) is 93.4 Å². The number of hydrogen-bond acceptors (Lipinski definition) is 4. The van der Waals surface area contributed by atoms with Crippen LogP contribution in [0.25, 0.3) is 0 Å². The van der Waals surface area contributed by atoms with Crippen molar-refractivity contribution in [2.45, 2.75) is 32.7 Å². The Kier molecular flexibility index (Phi) is 7.33. The fourth-order valence-electron chi connectivity index (χ4n) is 3.28. The number of alkyl halides is 2. The first-order valence-electron chi connectivity index (χ1n) is 10.1. The molecule has 174 valence electrons. The molecule has 10 heteroatoms. The lowest BCUT2D eigenvalue weighted by Gasteiger charge is -2.16. The quantitative estimate of drug-likeness (QED) is 0.443. The summed E-state index contributed by atoms with van der Waals surface area (Å²) in [4.78, 5) is 24.1. The zero-order chi connectivity index (χ0) is 24.3. The molecule has 3 aromatic rings. The average Bonchev–Trinajstić information content (AvgIpc) is 3.11. The van der Waals surface area contributed by atoms with Gasteiger partial charge in [0.2, 0.25) is 5.88 Å². The standard InChI is InChI=1S/C23H22ClF2N3O4/c1-4-13-11-16(9-10-17(13)24)33-22-18(19(20(25)26)28-29(22)3)21(30)27-12(2)14-5-7-15(8-6-14)23(31)32/h5-12,20H,4H2,1-3H3,(H,27,30)(H,31,32). The lowest BCUT2D eigenvalue weighted by molar-refractivity contribution is 0.0696. The van der Waals surface area contributed by atoms with E-state index >= 15 is 0 Å². The molecule has 0 saturated carbocycles. The molecule has 0 spiro atoms. The number of rotatable bonds is 8. The van der Waals surface area contributed by atoms with E-state index in [4.69, 9.17) is 21.4 Å². The Hall–Kier alpha value is -3.46. The minimum absolute atomic E-state index is 0.0922. The molecule has 1 unspecified atom stereocenters. The third-order valence-electron chi connectivity index (χ3n) is 5.07. The fraction of sp³-hybridized carbons (Fsp3) is 0.261. The second-order valence-corrected chi connectivity index (χ2v) is 7.73. The number of carboxylic acid groups (broad SMARTS) is 1. The van der Waals surface area contributed by atoms with Gasteiger partial charge in [0.15, 0.2) is 0 Å². The summed E-state index contributed by atoms with van der Waals surface area (Å²) in [5, 5.41) is 16.0. The highest BCUT2D eigenvalue weighted by Crippen LogP contribution is 2.34. The van der Waals surface area contributed by atoms with Crippen LogP contribution in [0.3, 0.4) is 0 Å². The SMILES string of the molecule is CCc1cc(Oc2c(C(=O)NC(C)c3ccc(C(=O)O)cc3)c(C(F)F)nn2C)ccc1Cl. The molecule has 3 rings (SSSR count). The van der Waals surface area contributed by atoms with Crippen molar-refractivity contribution in [3.05, 3.63) is 75.4 Å². The van der Waals surface area contributed by atoms with Crippen molar-refractivity contribution < 1.29 is 28.2 Å². The van der Waals surface area contributed by atoms with Gasteiger partial charge in [0.25, 0.3) is 12.3 Å². The van der Waals surface area contributed by atoms with E-state index in [1.807, 2.05) is 6.92 Å². The first-order chi connectivity index (χ1) is 15.6. The van der Waals surface area contributed by atoms with E-state index in [1.54, 1.807) is 37.3 Å². The molecule has 0 fully saturated rings. The molecule has 0 aliphatic rings. The van der Waals surface area contributed by atoms with E-state index in [1.165, 1.54) is 19.2 Å². The first kappa shape index (κ1) is 24.2. The van der Waals surface area contributed by atoms with Crippen LogP contribution in [0.5, 0.6) is 11.6 Å². The van der Waals surface area contributed by atoms with Crippen LogP contribution in [0.15, 0.2) is 42.5 Å². The molecule has 0 radical (unpaired) electrons. The molecule has 0 aliphatic carbocycles. The van der Waals surface area contributed by atoms with Crippen molar-refractivity contribution in [2.24, 2.45) is 7.05 Å². The van der Waals surface area contributed by atoms with Crippen molar-refractivity contribution in [1.29, 1.82) is 0 Å². The van der Waals surface area contributed by atoms with Gasteiger partial charge in [-0.25, -0.2) is 18.3 Å². The number of aryl methyl sites for hydroxylation is 2. The van der Waals surface area contributed by atoms with E-state index in [-0.39, 0.29) is 17.0 Å². The third kappa shape index (κ3) is 5.31. The van der Waals surface area contributed by atoms with Crippen molar-refractivity contribution in [2.75, 3.05) is 0 Å². The Morgan fingerprint density at radius 1 is 1.21 bits per heavy atom. The number of carbonyl (C=O) groups excluding carboxylic acids is 1. The predicted molar refractivity (Wildman–Crippen MR) is 118 cm³/mol. The fourth-order valence-corrected chi connectivity index (χ4v) is 3.53. The molecule has 1 aromatic heterocycles. The van der Waals surface area contributed by atoms with Gasteiger partial charge in [0.05, 0.1) is 11.6 Å². The number of aromatic carboxylic acids is 1.